The third-order valence-electron chi connectivity index (χ3n) is 3.52. The predicted molar refractivity (Wildman–Crippen MR) is 82.7 cm³/mol. The number of nitrogens with zero attached hydrogens (tertiary/aromatic N) is 3. The Hall–Kier alpha value is -2.67. The summed E-state index contributed by atoms with van der Waals surface area (Å²) in [5, 5.41) is 17.6. The van der Waals surface area contributed by atoms with Crippen LogP contribution in [0.1, 0.15) is 10.5 Å². The van der Waals surface area contributed by atoms with Crippen molar-refractivity contribution in [1.29, 1.82) is 0 Å². The lowest BCUT2D eigenvalue weighted by molar-refractivity contribution is -0.607. The summed E-state index contributed by atoms with van der Waals surface area (Å²) in [6.07, 6.45) is 4.64. The van der Waals surface area contributed by atoms with E-state index in [1.165, 1.54) is 12.3 Å². The molecule has 0 saturated carbocycles. The minimum absolute atomic E-state index is 0.0510. The molecule has 0 unspecified atom stereocenters. The van der Waals surface area contributed by atoms with Crippen LogP contribution in [0.5, 0.6) is 0 Å². The zero-order valence-corrected chi connectivity index (χ0v) is 12.0. The topological polar surface area (TPSA) is 84.2 Å². The van der Waals surface area contributed by atoms with Gasteiger partial charge in [-0.2, -0.15) is 4.73 Å². The van der Waals surface area contributed by atoms with Crippen LogP contribution in [0.2, 0.25) is 0 Å². The highest BCUT2D eigenvalue weighted by Crippen LogP contribution is 2.18. The van der Waals surface area contributed by atoms with Crippen LogP contribution in [0.15, 0.2) is 42.9 Å². The molecule has 1 saturated heterocycles. The van der Waals surface area contributed by atoms with Crippen molar-refractivity contribution in [3.63, 3.8) is 0 Å². The SMILES string of the molecule is O=C(Nc1cncc(N2CCNCC2)c1)c1cccc[n+]1[O-]. The number of amides is 1. The number of anilines is 2. The van der Waals surface area contributed by atoms with Crippen LogP contribution < -0.4 is 20.3 Å². The van der Waals surface area contributed by atoms with E-state index in [2.05, 4.69) is 20.5 Å². The van der Waals surface area contributed by atoms with Crippen molar-refractivity contribution in [2.75, 3.05) is 36.4 Å². The quantitative estimate of drug-likeness (QED) is 0.632. The molecule has 7 nitrogen and oxygen atoms in total. The van der Waals surface area contributed by atoms with Crippen molar-refractivity contribution in [2.24, 2.45) is 0 Å². The smallest absolute Gasteiger partial charge is 0.321 e. The molecule has 1 aliphatic heterocycles. The number of carbonyl (C=O) groups is 1. The first-order valence-electron chi connectivity index (χ1n) is 7.14. The van der Waals surface area contributed by atoms with Crippen molar-refractivity contribution < 1.29 is 9.52 Å². The Labute approximate surface area is 128 Å². The lowest BCUT2D eigenvalue weighted by atomic mass is 10.2. The molecule has 22 heavy (non-hydrogen) atoms. The minimum Gasteiger partial charge on any atom is -0.618 e. The molecule has 7 heteroatoms. The molecule has 2 aromatic heterocycles. The van der Waals surface area contributed by atoms with Gasteiger partial charge in [0, 0.05) is 38.3 Å². The fraction of sp³-hybridized carbons (Fsp3) is 0.267. The zero-order valence-electron chi connectivity index (χ0n) is 12.0. The van der Waals surface area contributed by atoms with Crippen LogP contribution in [0.4, 0.5) is 11.4 Å². The average molecular weight is 299 g/mol. The van der Waals surface area contributed by atoms with Crippen molar-refractivity contribution in [2.45, 2.75) is 0 Å². The number of hydrogen-bond donors (Lipinski definition) is 2. The first-order valence-corrected chi connectivity index (χ1v) is 7.14. The molecule has 1 fully saturated rings. The van der Waals surface area contributed by atoms with Crippen LogP contribution in [-0.2, 0) is 0 Å². The van der Waals surface area contributed by atoms with Gasteiger partial charge in [-0.3, -0.25) is 9.78 Å². The number of piperazine rings is 1. The summed E-state index contributed by atoms with van der Waals surface area (Å²) in [6, 6.07) is 6.58. The summed E-state index contributed by atoms with van der Waals surface area (Å²) in [4.78, 5) is 18.5. The van der Waals surface area contributed by atoms with Crippen LogP contribution in [0.25, 0.3) is 0 Å². The molecule has 3 rings (SSSR count). The van der Waals surface area contributed by atoms with E-state index in [1.54, 1.807) is 24.5 Å². The molecule has 0 aliphatic carbocycles. The molecule has 3 heterocycles. The van der Waals surface area contributed by atoms with E-state index in [0.29, 0.717) is 10.4 Å². The van der Waals surface area contributed by atoms with Crippen molar-refractivity contribution in [1.82, 2.24) is 10.3 Å². The minimum atomic E-state index is -0.449. The molecular formula is C15H17N5O2. The third kappa shape index (κ3) is 3.15. The van der Waals surface area contributed by atoms with E-state index in [0.717, 1.165) is 31.9 Å². The second-order valence-electron chi connectivity index (χ2n) is 5.03. The zero-order chi connectivity index (χ0) is 15.4. The second kappa shape index (κ2) is 6.40. The molecular weight excluding hydrogens is 282 g/mol. The van der Waals surface area contributed by atoms with Gasteiger partial charge < -0.3 is 20.7 Å². The van der Waals surface area contributed by atoms with E-state index < -0.39 is 5.91 Å². The van der Waals surface area contributed by atoms with Gasteiger partial charge in [0.15, 0.2) is 6.20 Å². The number of rotatable bonds is 3. The maximum atomic E-state index is 12.1. The van der Waals surface area contributed by atoms with E-state index in [9.17, 15) is 10.0 Å². The molecule has 1 amide bonds. The Kier molecular flexibility index (Phi) is 4.15. The Bertz CT molecular complexity index is 670. The first kappa shape index (κ1) is 14.3. The summed E-state index contributed by atoms with van der Waals surface area (Å²) in [7, 11) is 0. The van der Waals surface area contributed by atoms with Crippen LogP contribution in [-0.4, -0.2) is 37.1 Å². The van der Waals surface area contributed by atoms with Crippen LogP contribution >= 0.6 is 0 Å². The first-order chi connectivity index (χ1) is 10.7. The van der Waals surface area contributed by atoms with Gasteiger partial charge >= 0.3 is 5.91 Å². The van der Waals surface area contributed by atoms with Crippen molar-refractivity contribution >= 4 is 17.3 Å². The molecule has 0 aromatic carbocycles. The molecule has 0 bridgehead atoms. The molecule has 0 atom stereocenters. The number of pyridine rings is 2. The van der Waals surface area contributed by atoms with E-state index in [4.69, 9.17) is 0 Å². The molecule has 1 aliphatic rings. The number of nitrogens with one attached hydrogen (secondary N) is 2. The summed E-state index contributed by atoms with van der Waals surface area (Å²) in [6.45, 7) is 3.66. The van der Waals surface area contributed by atoms with Crippen LogP contribution in [0, 0.1) is 5.21 Å². The fourth-order valence-electron chi connectivity index (χ4n) is 2.39. The van der Waals surface area contributed by atoms with Gasteiger partial charge in [-0.05, 0) is 12.1 Å². The highest BCUT2D eigenvalue weighted by molar-refractivity contribution is 6.01. The largest absolute Gasteiger partial charge is 0.618 e. The summed E-state index contributed by atoms with van der Waals surface area (Å²) >= 11 is 0. The van der Waals surface area contributed by atoms with Crippen molar-refractivity contribution in [3.8, 4) is 0 Å². The highest BCUT2D eigenvalue weighted by atomic mass is 16.5. The summed E-state index contributed by atoms with van der Waals surface area (Å²) < 4.78 is 0.545. The van der Waals surface area contributed by atoms with Crippen molar-refractivity contribution in [3.05, 3.63) is 53.8 Å². The second-order valence-corrected chi connectivity index (χ2v) is 5.03. The van der Waals surface area contributed by atoms with Crippen LogP contribution in [0.3, 0.4) is 0 Å². The van der Waals surface area contributed by atoms with E-state index >= 15 is 0 Å². The Morgan fingerprint density at radius 2 is 2.14 bits per heavy atom. The van der Waals surface area contributed by atoms with Gasteiger partial charge in [0.25, 0.3) is 5.69 Å². The van der Waals surface area contributed by atoms with E-state index in [-0.39, 0.29) is 5.69 Å². The molecule has 0 spiro atoms. The van der Waals surface area contributed by atoms with Gasteiger partial charge in [-0.15, -0.1) is 0 Å². The fourth-order valence-corrected chi connectivity index (χ4v) is 2.39. The lowest BCUT2D eigenvalue weighted by Crippen LogP contribution is -2.43. The lowest BCUT2D eigenvalue weighted by Gasteiger charge is -2.29. The third-order valence-corrected chi connectivity index (χ3v) is 3.52. The van der Waals surface area contributed by atoms with Gasteiger partial charge in [0.05, 0.1) is 23.8 Å². The monoisotopic (exact) mass is 299 g/mol. The Morgan fingerprint density at radius 1 is 1.32 bits per heavy atom. The highest BCUT2D eigenvalue weighted by Gasteiger charge is 2.16. The van der Waals surface area contributed by atoms with Gasteiger partial charge in [-0.1, -0.05) is 0 Å². The van der Waals surface area contributed by atoms with Gasteiger partial charge in [0.1, 0.15) is 0 Å². The standard InChI is InChI=1S/C15H17N5O2/c21-15(14-3-1-2-6-20(14)22)18-12-9-13(11-17-10-12)19-7-4-16-5-8-19/h1-3,6,9-11,16H,4-5,7-8H2,(H,18,21). The number of aromatic nitrogens is 2. The Balaban J connectivity index is 1.75. The van der Waals surface area contributed by atoms with E-state index in [1.807, 2.05) is 6.07 Å². The summed E-state index contributed by atoms with van der Waals surface area (Å²) in [5.41, 5.74) is 1.59. The maximum Gasteiger partial charge on any atom is 0.321 e. The average Bonchev–Trinajstić information content (AvgIpc) is 2.56. The number of hydrogen-bond acceptors (Lipinski definition) is 5. The van der Waals surface area contributed by atoms with Gasteiger partial charge in [-0.25, -0.2) is 0 Å². The van der Waals surface area contributed by atoms with Gasteiger partial charge in [0.2, 0.25) is 0 Å². The molecule has 2 aromatic rings. The predicted octanol–water partition coefficient (Wildman–Crippen LogP) is 0.377. The molecule has 114 valence electrons. The maximum absolute atomic E-state index is 12.1. The normalized spacial score (nSPS) is 14.6. The number of carbonyl (C=O) groups excluding carboxylic acids is 1. The Morgan fingerprint density at radius 3 is 2.91 bits per heavy atom. The molecule has 2 N–H and O–H groups in total. The summed E-state index contributed by atoms with van der Waals surface area (Å²) in [5.74, 6) is -0.449. The molecule has 0 radical (unpaired) electrons.